The first-order valence-corrected chi connectivity index (χ1v) is 6.92. The molecular formula is C14H21N3S. The van der Waals surface area contributed by atoms with Crippen LogP contribution >= 0.6 is 12.2 Å². The SMILES string of the molecule is Cc1ccc(C(N)=S)c(NCC2(C)CCCC2)n1. The van der Waals surface area contributed by atoms with E-state index in [0.29, 0.717) is 10.4 Å². The predicted molar refractivity (Wildman–Crippen MR) is 79.9 cm³/mol. The van der Waals surface area contributed by atoms with Crippen LogP contribution in [0.25, 0.3) is 0 Å². The molecule has 1 aromatic rings. The number of nitrogens with zero attached hydrogens (tertiary/aromatic N) is 1. The van der Waals surface area contributed by atoms with E-state index in [1.54, 1.807) is 0 Å². The quantitative estimate of drug-likeness (QED) is 0.820. The Balaban J connectivity index is 2.12. The summed E-state index contributed by atoms with van der Waals surface area (Å²) in [4.78, 5) is 4.91. The molecule has 1 fully saturated rings. The third kappa shape index (κ3) is 2.99. The third-order valence-electron chi connectivity index (χ3n) is 3.79. The van der Waals surface area contributed by atoms with Gasteiger partial charge in [0.2, 0.25) is 0 Å². The van der Waals surface area contributed by atoms with E-state index in [9.17, 15) is 0 Å². The maximum Gasteiger partial charge on any atom is 0.136 e. The Bertz CT molecular complexity index is 450. The highest BCUT2D eigenvalue weighted by molar-refractivity contribution is 7.80. The summed E-state index contributed by atoms with van der Waals surface area (Å²) in [5.41, 5.74) is 7.95. The molecule has 3 N–H and O–H groups in total. The lowest BCUT2D eigenvalue weighted by Crippen LogP contribution is -2.25. The van der Waals surface area contributed by atoms with Crippen molar-refractivity contribution in [3.63, 3.8) is 0 Å². The summed E-state index contributed by atoms with van der Waals surface area (Å²) in [7, 11) is 0. The smallest absolute Gasteiger partial charge is 0.136 e. The second kappa shape index (κ2) is 5.22. The number of nitrogens with one attached hydrogen (secondary N) is 1. The fourth-order valence-electron chi connectivity index (χ4n) is 2.59. The number of anilines is 1. The normalized spacial score (nSPS) is 17.7. The van der Waals surface area contributed by atoms with Crippen molar-refractivity contribution >= 4 is 23.0 Å². The van der Waals surface area contributed by atoms with E-state index in [1.165, 1.54) is 25.7 Å². The van der Waals surface area contributed by atoms with Crippen LogP contribution < -0.4 is 11.1 Å². The maximum atomic E-state index is 5.73. The molecular weight excluding hydrogens is 242 g/mol. The summed E-state index contributed by atoms with van der Waals surface area (Å²) in [6.45, 7) is 5.26. The molecule has 0 bridgehead atoms. The van der Waals surface area contributed by atoms with Gasteiger partial charge in [-0.1, -0.05) is 32.0 Å². The molecule has 0 spiro atoms. The van der Waals surface area contributed by atoms with Crippen molar-refractivity contribution in [1.29, 1.82) is 0 Å². The molecule has 0 unspecified atom stereocenters. The number of hydrogen-bond donors (Lipinski definition) is 2. The third-order valence-corrected chi connectivity index (χ3v) is 4.01. The van der Waals surface area contributed by atoms with E-state index >= 15 is 0 Å². The van der Waals surface area contributed by atoms with Crippen molar-refractivity contribution in [2.75, 3.05) is 11.9 Å². The van der Waals surface area contributed by atoms with Crippen molar-refractivity contribution in [1.82, 2.24) is 4.98 Å². The van der Waals surface area contributed by atoms with Crippen molar-refractivity contribution in [2.45, 2.75) is 39.5 Å². The fourth-order valence-corrected chi connectivity index (χ4v) is 2.76. The minimum absolute atomic E-state index is 0.388. The number of hydrogen-bond acceptors (Lipinski definition) is 3. The fraction of sp³-hybridized carbons (Fsp3) is 0.571. The monoisotopic (exact) mass is 263 g/mol. The summed E-state index contributed by atoms with van der Waals surface area (Å²) in [6, 6.07) is 3.89. The standard InChI is InChI=1S/C14H21N3S/c1-10-5-6-11(12(15)18)13(17-10)16-9-14(2)7-3-4-8-14/h5-6H,3-4,7-9H2,1-2H3,(H2,15,18)(H,16,17). The molecule has 0 radical (unpaired) electrons. The zero-order valence-corrected chi connectivity index (χ0v) is 11.9. The molecule has 2 rings (SSSR count). The summed E-state index contributed by atoms with van der Waals surface area (Å²) >= 11 is 5.07. The Labute approximate surface area is 114 Å². The average molecular weight is 263 g/mol. The van der Waals surface area contributed by atoms with E-state index < -0.39 is 0 Å². The Morgan fingerprint density at radius 2 is 2.11 bits per heavy atom. The number of thiocarbonyl (C=S) groups is 1. The van der Waals surface area contributed by atoms with E-state index in [-0.39, 0.29) is 0 Å². The summed E-state index contributed by atoms with van der Waals surface area (Å²) < 4.78 is 0. The van der Waals surface area contributed by atoms with Crippen LogP contribution in [0.4, 0.5) is 5.82 Å². The van der Waals surface area contributed by atoms with Crippen LogP contribution in [-0.4, -0.2) is 16.5 Å². The molecule has 1 aliphatic carbocycles. The van der Waals surface area contributed by atoms with Crippen molar-refractivity contribution < 1.29 is 0 Å². The molecule has 0 amide bonds. The van der Waals surface area contributed by atoms with E-state index in [0.717, 1.165) is 23.6 Å². The Kier molecular flexibility index (Phi) is 3.85. The van der Waals surface area contributed by atoms with Crippen molar-refractivity contribution in [3.05, 3.63) is 23.4 Å². The van der Waals surface area contributed by atoms with Crippen LogP contribution in [0.2, 0.25) is 0 Å². The summed E-state index contributed by atoms with van der Waals surface area (Å²) in [5.74, 6) is 0.829. The predicted octanol–water partition coefficient (Wildman–Crippen LogP) is 3.02. The van der Waals surface area contributed by atoms with Gasteiger partial charge < -0.3 is 11.1 Å². The van der Waals surface area contributed by atoms with Gasteiger partial charge >= 0.3 is 0 Å². The number of nitrogens with two attached hydrogens (primary N) is 1. The van der Waals surface area contributed by atoms with Gasteiger partial charge in [0.15, 0.2) is 0 Å². The van der Waals surface area contributed by atoms with Gasteiger partial charge in [0.25, 0.3) is 0 Å². The van der Waals surface area contributed by atoms with Gasteiger partial charge in [-0.3, -0.25) is 0 Å². The molecule has 18 heavy (non-hydrogen) atoms. The Morgan fingerprint density at radius 1 is 1.44 bits per heavy atom. The Hall–Kier alpha value is -1.16. The molecule has 1 saturated carbocycles. The first kappa shape index (κ1) is 13.3. The molecule has 1 aliphatic rings. The molecule has 1 heterocycles. The van der Waals surface area contributed by atoms with E-state index in [2.05, 4.69) is 17.2 Å². The number of aromatic nitrogens is 1. The van der Waals surface area contributed by atoms with Gasteiger partial charge in [-0.25, -0.2) is 4.98 Å². The minimum Gasteiger partial charge on any atom is -0.389 e. The summed E-state index contributed by atoms with van der Waals surface area (Å²) in [5, 5.41) is 3.44. The van der Waals surface area contributed by atoms with Crippen LogP contribution in [0.5, 0.6) is 0 Å². The molecule has 98 valence electrons. The Morgan fingerprint density at radius 3 is 2.72 bits per heavy atom. The molecule has 1 aromatic heterocycles. The highest BCUT2D eigenvalue weighted by atomic mass is 32.1. The largest absolute Gasteiger partial charge is 0.389 e. The van der Waals surface area contributed by atoms with Gasteiger partial charge in [0, 0.05) is 12.2 Å². The number of pyridine rings is 1. The second-order valence-corrected chi connectivity index (χ2v) is 6.02. The van der Waals surface area contributed by atoms with Crippen LogP contribution in [0, 0.1) is 12.3 Å². The summed E-state index contributed by atoms with van der Waals surface area (Å²) in [6.07, 6.45) is 5.24. The lowest BCUT2D eigenvalue weighted by molar-refractivity contribution is 0.361. The van der Waals surface area contributed by atoms with Crippen molar-refractivity contribution in [2.24, 2.45) is 11.1 Å². The maximum absolute atomic E-state index is 5.73. The van der Waals surface area contributed by atoms with Gasteiger partial charge in [-0.2, -0.15) is 0 Å². The van der Waals surface area contributed by atoms with Crippen LogP contribution in [-0.2, 0) is 0 Å². The molecule has 4 heteroatoms. The second-order valence-electron chi connectivity index (χ2n) is 5.58. The van der Waals surface area contributed by atoms with Crippen molar-refractivity contribution in [3.8, 4) is 0 Å². The molecule has 0 aliphatic heterocycles. The topological polar surface area (TPSA) is 50.9 Å². The molecule has 0 atom stereocenters. The van der Waals surface area contributed by atoms with Gasteiger partial charge in [-0.15, -0.1) is 0 Å². The lowest BCUT2D eigenvalue weighted by Gasteiger charge is -2.24. The zero-order valence-electron chi connectivity index (χ0n) is 11.1. The van der Waals surface area contributed by atoms with Gasteiger partial charge in [0.1, 0.15) is 10.8 Å². The first-order chi connectivity index (χ1) is 8.50. The van der Waals surface area contributed by atoms with Gasteiger partial charge in [-0.05, 0) is 37.3 Å². The average Bonchev–Trinajstić information content (AvgIpc) is 2.74. The first-order valence-electron chi connectivity index (χ1n) is 6.51. The molecule has 0 saturated heterocycles. The highest BCUT2D eigenvalue weighted by Gasteiger charge is 2.28. The van der Waals surface area contributed by atoms with Gasteiger partial charge in [0.05, 0.1) is 5.56 Å². The lowest BCUT2D eigenvalue weighted by atomic mass is 9.89. The molecule has 3 nitrogen and oxygen atoms in total. The van der Waals surface area contributed by atoms with Crippen LogP contribution in [0.15, 0.2) is 12.1 Å². The minimum atomic E-state index is 0.388. The number of aryl methyl sites for hydroxylation is 1. The van der Waals surface area contributed by atoms with Crippen LogP contribution in [0.1, 0.15) is 43.9 Å². The highest BCUT2D eigenvalue weighted by Crippen LogP contribution is 2.37. The van der Waals surface area contributed by atoms with E-state index in [4.69, 9.17) is 18.0 Å². The van der Waals surface area contributed by atoms with E-state index in [1.807, 2.05) is 19.1 Å². The zero-order chi connectivity index (χ0) is 13.2. The number of rotatable bonds is 4. The molecule has 0 aromatic carbocycles. The van der Waals surface area contributed by atoms with Crippen LogP contribution in [0.3, 0.4) is 0 Å².